The molecule has 2 aliphatic rings. The minimum atomic E-state index is 0.597. The van der Waals surface area contributed by atoms with Crippen molar-refractivity contribution in [2.45, 2.75) is 31.8 Å². The van der Waals surface area contributed by atoms with Crippen molar-refractivity contribution in [3.63, 3.8) is 0 Å². The van der Waals surface area contributed by atoms with Crippen LogP contribution in [0.25, 0.3) is 0 Å². The highest BCUT2D eigenvalue weighted by Gasteiger charge is 2.19. The number of piperidine rings is 1. The summed E-state index contributed by atoms with van der Waals surface area (Å²) >= 11 is 0. The highest BCUT2D eigenvalue weighted by Crippen LogP contribution is 2.26. The van der Waals surface area contributed by atoms with Gasteiger partial charge in [0.2, 0.25) is 0 Å². The third-order valence-electron chi connectivity index (χ3n) is 4.82. The number of hydrogen-bond acceptors (Lipinski definition) is 4. The zero-order valence-corrected chi connectivity index (χ0v) is 13.4. The number of ether oxygens (including phenoxy) is 1. The maximum Gasteiger partial charge on any atom is 0.128 e. The number of nitrogens with zero attached hydrogens (tertiary/aromatic N) is 2. The van der Waals surface area contributed by atoms with Gasteiger partial charge in [0.25, 0.3) is 0 Å². The second-order valence-electron chi connectivity index (χ2n) is 6.37. The Hall–Kier alpha value is -2.07. The number of anilines is 1. The summed E-state index contributed by atoms with van der Waals surface area (Å²) in [6.07, 6.45) is 5.26. The van der Waals surface area contributed by atoms with Gasteiger partial charge in [-0.25, -0.2) is 4.98 Å². The normalized spacial score (nSPS) is 17.8. The predicted octanol–water partition coefficient (Wildman–Crippen LogP) is 2.78. The topological polar surface area (TPSA) is 37.4 Å². The lowest BCUT2D eigenvalue weighted by Crippen LogP contribution is -2.42. The lowest BCUT2D eigenvalue weighted by Gasteiger charge is -2.33. The summed E-state index contributed by atoms with van der Waals surface area (Å²) in [6, 6.07) is 13.3. The number of nitrogens with one attached hydrogen (secondary N) is 1. The van der Waals surface area contributed by atoms with E-state index in [1.807, 2.05) is 12.3 Å². The highest BCUT2D eigenvalue weighted by molar-refractivity contribution is 5.40. The second kappa shape index (κ2) is 6.59. The molecule has 4 nitrogen and oxygen atoms in total. The Morgan fingerprint density at radius 1 is 1.17 bits per heavy atom. The zero-order chi connectivity index (χ0) is 15.5. The maximum absolute atomic E-state index is 5.57. The largest absolute Gasteiger partial charge is 0.493 e. The molecular weight excluding hydrogens is 286 g/mol. The molecule has 1 aromatic heterocycles. The van der Waals surface area contributed by atoms with Gasteiger partial charge in [-0.2, -0.15) is 0 Å². The van der Waals surface area contributed by atoms with Crippen molar-refractivity contribution < 1.29 is 4.74 Å². The molecule has 23 heavy (non-hydrogen) atoms. The fourth-order valence-corrected chi connectivity index (χ4v) is 3.47. The summed E-state index contributed by atoms with van der Waals surface area (Å²) in [5.41, 5.74) is 2.72. The maximum atomic E-state index is 5.57. The first-order valence-electron chi connectivity index (χ1n) is 8.52. The summed E-state index contributed by atoms with van der Waals surface area (Å²) in [5, 5.41) is 3.71. The molecule has 2 aromatic rings. The number of pyridine rings is 1. The molecule has 0 amide bonds. The monoisotopic (exact) mass is 309 g/mol. The van der Waals surface area contributed by atoms with Crippen molar-refractivity contribution in [1.29, 1.82) is 0 Å². The molecule has 0 saturated carbocycles. The number of rotatable bonds is 4. The van der Waals surface area contributed by atoms with E-state index in [0.29, 0.717) is 6.04 Å². The van der Waals surface area contributed by atoms with Crippen LogP contribution in [-0.2, 0) is 13.0 Å². The van der Waals surface area contributed by atoms with Gasteiger partial charge in [0.05, 0.1) is 6.61 Å². The molecule has 4 rings (SSSR count). The van der Waals surface area contributed by atoms with Gasteiger partial charge < -0.3 is 15.0 Å². The number of hydrogen-bond donors (Lipinski definition) is 1. The minimum Gasteiger partial charge on any atom is -0.493 e. The minimum absolute atomic E-state index is 0.597. The summed E-state index contributed by atoms with van der Waals surface area (Å²) in [7, 11) is 0. The van der Waals surface area contributed by atoms with Crippen LogP contribution in [0.2, 0.25) is 0 Å². The Morgan fingerprint density at radius 3 is 2.91 bits per heavy atom. The van der Waals surface area contributed by atoms with Crippen LogP contribution >= 0.6 is 0 Å². The highest BCUT2D eigenvalue weighted by atomic mass is 16.5. The zero-order valence-electron chi connectivity index (χ0n) is 13.4. The van der Waals surface area contributed by atoms with E-state index < -0.39 is 0 Å². The molecule has 3 heterocycles. The van der Waals surface area contributed by atoms with Crippen LogP contribution in [0, 0.1) is 0 Å². The van der Waals surface area contributed by atoms with Crippen molar-refractivity contribution in [2.75, 3.05) is 24.6 Å². The van der Waals surface area contributed by atoms with Gasteiger partial charge in [-0.15, -0.1) is 0 Å². The lowest BCUT2D eigenvalue weighted by molar-refractivity contribution is 0.356. The van der Waals surface area contributed by atoms with Gasteiger partial charge in [-0.1, -0.05) is 18.2 Å². The van der Waals surface area contributed by atoms with Crippen molar-refractivity contribution in [3.8, 4) is 5.75 Å². The third-order valence-corrected chi connectivity index (χ3v) is 4.82. The molecule has 0 aliphatic carbocycles. The molecule has 120 valence electrons. The van der Waals surface area contributed by atoms with Gasteiger partial charge in [0.15, 0.2) is 0 Å². The van der Waals surface area contributed by atoms with E-state index in [1.54, 1.807) is 0 Å². The van der Waals surface area contributed by atoms with E-state index in [9.17, 15) is 0 Å². The van der Waals surface area contributed by atoms with Gasteiger partial charge in [0.1, 0.15) is 11.6 Å². The Balaban J connectivity index is 1.28. The Morgan fingerprint density at radius 2 is 2.09 bits per heavy atom. The predicted molar refractivity (Wildman–Crippen MR) is 92.0 cm³/mol. The van der Waals surface area contributed by atoms with E-state index in [-0.39, 0.29) is 0 Å². The first kappa shape index (κ1) is 14.5. The van der Waals surface area contributed by atoms with E-state index in [2.05, 4.69) is 45.5 Å². The molecular formula is C19H23N3O. The lowest BCUT2D eigenvalue weighted by atomic mass is 10.0. The molecule has 1 N–H and O–H groups in total. The van der Waals surface area contributed by atoms with Gasteiger partial charge >= 0.3 is 0 Å². The van der Waals surface area contributed by atoms with Gasteiger partial charge in [-0.05, 0) is 42.2 Å². The molecule has 0 radical (unpaired) electrons. The van der Waals surface area contributed by atoms with Crippen LogP contribution in [0.3, 0.4) is 0 Å². The molecule has 1 fully saturated rings. The van der Waals surface area contributed by atoms with Crippen LogP contribution in [0.5, 0.6) is 5.75 Å². The second-order valence-corrected chi connectivity index (χ2v) is 6.37. The standard InChI is InChI=1S/C19H23N3O/c1-2-9-20-19(3-1)22-10-6-17(7-11-22)21-14-15-4-5-18-16(13-15)8-12-23-18/h1-5,9,13,17,21H,6-8,10-12,14H2. The molecule has 1 aromatic carbocycles. The number of fused-ring (bicyclic) bond motifs is 1. The van der Waals surface area contributed by atoms with Crippen LogP contribution in [0.4, 0.5) is 5.82 Å². The summed E-state index contributed by atoms with van der Waals surface area (Å²) < 4.78 is 5.57. The van der Waals surface area contributed by atoms with Crippen molar-refractivity contribution >= 4 is 5.82 Å². The Labute approximate surface area is 137 Å². The number of benzene rings is 1. The van der Waals surface area contributed by atoms with Gasteiger partial charge in [0, 0.05) is 38.3 Å². The molecule has 2 aliphatic heterocycles. The van der Waals surface area contributed by atoms with E-state index >= 15 is 0 Å². The molecule has 1 saturated heterocycles. The van der Waals surface area contributed by atoms with Crippen LogP contribution in [0.15, 0.2) is 42.6 Å². The fourth-order valence-electron chi connectivity index (χ4n) is 3.47. The average Bonchev–Trinajstić information content (AvgIpc) is 3.09. The first-order chi connectivity index (χ1) is 11.4. The quantitative estimate of drug-likeness (QED) is 0.942. The summed E-state index contributed by atoms with van der Waals surface area (Å²) in [4.78, 5) is 6.83. The first-order valence-corrected chi connectivity index (χ1v) is 8.52. The summed E-state index contributed by atoms with van der Waals surface area (Å²) in [5.74, 6) is 2.17. The van der Waals surface area contributed by atoms with E-state index in [1.165, 1.54) is 24.0 Å². The third kappa shape index (κ3) is 3.32. The van der Waals surface area contributed by atoms with E-state index in [0.717, 1.165) is 44.2 Å². The fraction of sp³-hybridized carbons (Fsp3) is 0.421. The van der Waals surface area contributed by atoms with Crippen LogP contribution in [0.1, 0.15) is 24.0 Å². The van der Waals surface area contributed by atoms with E-state index in [4.69, 9.17) is 4.74 Å². The van der Waals surface area contributed by atoms with Crippen LogP contribution in [-0.4, -0.2) is 30.7 Å². The molecule has 4 heteroatoms. The van der Waals surface area contributed by atoms with Gasteiger partial charge in [-0.3, -0.25) is 0 Å². The summed E-state index contributed by atoms with van der Waals surface area (Å²) in [6.45, 7) is 3.93. The number of aromatic nitrogens is 1. The van der Waals surface area contributed by atoms with Crippen molar-refractivity contribution in [2.24, 2.45) is 0 Å². The van der Waals surface area contributed by atoms with Crippen molar-refractivity contribution in [3.05, 3.63) is 53.7 Å². The Bertz CT molecular complexity index is 651. The van der Waals surface area contributed by atoms with Crippen molar-refractivity contribution in [1.82, 2.24) is 10.3 Å². The smallest absolute Gasteiger partial charge is 0.128 e. The average molecular weight is 309 g/mol. The molecule has 0 unspecified atom stereocenters. The molecule has 0 bridgehead atoms. The Kier molecular flexibility index (Phi) is 4.16. The van der Waals surface area contributed by atoms with Crippen LogP contribution < -0.4 is 15.0 Å². The molecule has 0 spiro atoms. The molecule has 0 atom stereocenters. The SMILES string of the molecule is c1ccc(N2CCC(NCc3ccc4c(c3)CCO4)CC2)nc1.